The third-order valence-electron chi connectivity index (χ3n) is 3.83. The number of fused-ring (bicyclic) bond motifs is 1. The average molecular weight is 367 g/mol. The molecule has 4 rings (SSSR count). The molecule has 3 heterocycles. The molecule has 136 valence electrons. The van der Waals surface area contributed by atoms with Crippen molar-refractivity contribution in [2.75, 3.05) is 12.4 Å². The van der Waals surface area contributed by atoms with Gasteiger partial charge in [0, 0.05) is 13.2 Å². The molecule has 0 radical (unpaired) electrons. The highest BCUT2D eigenvalue weighted by molar-refractivity contribution is 5.95. The first-order valence-corrected chi connectivity index (χ1v) is 8.04. The Labute approximate surface area is 152 Å². The number of benzene rings is 1. The van der Waals surface area contributed by atoms with Gasteiger partial charge in [-0.25, -0.2) is 19.2 Å². The summed E-state index contributed by atoms with van der Waals surface area (Å²) in [5.74, 6) is 0.222. The lowest BCUT2D eigenvalue weighted by atomic mass is 10.2. The molecule has 0 spiro atoms. The second kappa shape index (κ2) is 6.87. The number of nitrogens with one attached hydrogen (secondary N) is 1. The third-order valence-corrected chi connectivity index (χ3v) is 3.83. The Morgan fingerprint density at radius 2 is 2.11 bits per heavy atom. The Kier molecular flexibility index (Phi) is 4.25. The lowest BCUT2D eigenvalue weighted by Crippen LogP contribution is -2.11. The van der Waals surface area contributed by atoms with E-state index >= 15 is 0 Å². The molecule has 8 nitrogen and oxygen atoms in total. The molecular weight excluding hydrogens is 353 g/mol. The Morgan fingerprint density at radius 1 is 1.30 bits per heavy atom. The van der Waals surface area contributed by atoms with Gasteiger partial charge < -0.3 is 14.5 Å². The molecule has 9 heteroatoms. The molecule has 0 unspecified atom stereocenters. The van der Waals surface area contributed by atoms with E-state index in [-0.39, 0.29) is 23.6 Å². The van der Waals surface area contributed by atoms with Crippen LogP contribution in [0, 0.1) is 5.82 Å². The topological polar surface area (TPSA) is 94.5 Å². The number of halogens is 1. The fourth-order valence-corrected chi connectivity index (χ4v) is 2.50. The molecule has 0 atom stereocenters. The Bertz CT molecular complexity index is 1090. The molecule has 0 saturated heterocycles. The molecule has 4 aromatic rings. The predicted molar refractivity (Wildman–Crippen MR) is 93.6 cm³/mol. The molecule has 0 bridgehead atoms. The van der Waals surface area contributed by atoms with E-state index in [1.165, 1.54) is 29.1 Å². The predicted octanol–water partition coefficient (Wildman–Crippen LogP) is 2.92. The number of carbonyl (C=O) groups is 1. The summed E-state index contributed by atoms with van der Waals surface area (Å²) < 4.78 is 25.0. The van der Waals surface area contributed by atoms with E-state index in [1.54, 1.807) is 31.3 Å². The second-order valence-electron chi connectivity index (χ2n) is 5.60. The quantitative estimate of drug-likeness (QED) is 0.542. The largest absolute Gasteiger partial charge is 0.461 e. The number of ether oxygens (including phenoxy) is 1. The van der Waals surface area contributed by atoms with Crippen molar-refractivity contribution >= 4 is 17.6 Å². The van der Waals surface area contributed by atoms with E-state index in [0.29, 0.717) is 23.1 Å². The molecular formula is C18H14FN5O3. The molecule has 0 saturated carbocycles. The van der Waals surface area contributed by atoms with Crippen LogP contribution in [0.3, 0.4) is 0 Å². The minimum atomic E-state index is -0.613. The van der Waals surface area contributed by atoms with Crippen molar-refractivity contribution in [3.63, 3.8) is 0 Å². The highest BCUT2D eigenvalue weighted by atomic mass is 19.1. The number of esters is 1. The van der Waals surface area contributed by atoms with Crippen LogP contribution in [0.1, 0.15) is 15.9 Å². The standard InChI is InChI=1S/C18H14FN5O3/c1-20-18-21-9-13(17(25)27-10-11-4-6-12(19)7-5-11)16-22-15(23-24(16)18)14-3-2-8-26-14/h2-9H,10H2,1H3,(H,20,21). The van der Waals surface area contributed by atoms with Gasteiger partial charge in [-0.05, 0) is 29.8 Å². The van der Waals surface area contributed by atoms with Gasteiger partial charge in [0.25, 0.3) is 0 Å². The van der Waals surface area contributed by atoms with Crippen LogP contribution in [-0.4, -0.2) is 32.6 Å². The van der Waals surface area contributed by atoms with E-state index < -0.39 is 5.97 Å². The number of nitrogens with zero attached hydrogens (tertiary/aromatic N) is 4. The molecule has 1 aromatic carbocycles. The molecule has 0 fully saturated rings. The van der Waals surface area contributed by atoms with Gasteiger partial charge in [-0.15, -0.1) is 5.10 Å². The highest BCUT2D eigenvalue weighted by Gasteiger charge is 2.20. The molecule has 0 aliphatic carbocycles. The van der Waals surface area contributed by atoms with Crippen molar-refractivity contribution in [1.29, 1.82) is 0 Å². The third kappa shape index (κ3) is 3.22. The van der Waals surface area contributed by atoms with Gasteiger partial charge in [-0.1, -0.05) is 12.1 Å². The summed E-state index contributed by atoms with van der Waals surface area (Å²) in [6.45, 7) is -0.00176. The van der Waals surface area contributed by atoms with Crippen molar-refractivity contribution < 1.29 is 18.3 Å². The summed E-state index contributed by atoms with van der Waals surface area (Å²) in [4.78, 5) is 21.1. The van der Waals surface area contributed by atoms with Gasteiger partial charge in [0.15, 0.2) is 11.4 Å². The fraction of sp³-hybridized carbons (Fsp3) is 0.111. The van der Waals surface area contributed by atoms with Gasteiger partial charge in [0.1, 0.15) is 18.0 Å². The maximum atomic E-state index is 13.0. The first kappa shape index (κ1) is 16.7. The molecule has 27 heavy (non-hydrogen) atoms. The molecule has 0 aliphatic rings. The van der Waals surface area contributed by atoms with Crippen LogP contribution in [0.5, 0.6) is 0 Å². The number of aromatic nitrogens is 4. The van der Waals surface area contributed by atoms with Crippen LogP contribution >= 0.6 is 0 Å². The maximum Gasteiger partial charge on any atom is 0.343 e. The van der Waals surface area contributed by atoms with E-state index in [2.05, 4.69) is 20.4 Å². The Morgan fingerprint density at radius 3 is 2.81 bits per heavy atom. The first-order valence-electron chi connectivity index (χ1n) is 8.04. The van der Waals surface area contributed by atoms with E-state index in [0.717, 1.165) is 0 Å². The number of hydrogen-bond donors (Lipinski definition) is 1. The average Bonchev–Trinajstić information content (AvgIpc) is 3.36. The van der Waals surface area contributed by atoms with Crippen molar-refractivity contribution in [3.8, 4) is 11.6 Å². The number of hydrogen-bond acceptors (Lipinski definition) is 7. The smallest absolute Gasteiger partial charge is 0.343 e. The van der Waals surface area contributed by atoms with Gasteiger partial charge >= 0.3 is 5.97 Å². The molecule has 0 amide bonds. The summed E-state index contributed by atoms with van der Waals surface area (Å²) >= 11 is 0. The van der Waals surface area contributed by atoms with Crippen LogP contribution in [0.25, 0.3) is 17.2 Å². The van der Waals surface area contributed by atoms with E-state index in [1.807, 2.05) is 0 Å². The van der Waals surface area contributed by atoms with Crippen molar-refractivity contribution in [2.45, 2.75) is 6.61 Å². The number of anilines is 1. The van der Waals surface area contributed by atoms with Crippen LogP contribution in [-0.2, 0) is 11.3 Å². The number of rotatable bonds is 5. The van der Waals surface area contributed by atoms with Crippen LogP contribution < -0.4 is 5.32 Å². The van der Waals surface area contributed by atoms with Crippen molar-refractivity contribution in [3.05, 3.63) is 65.8 Å². The van der Waals surface area contributed by atoms with Crippen LogP contribution in [0.15, 0.2) is 53.3 Å². The monoisotopic (exact) mass is 367 g/mol. The normalized spacial score (nSPS) is 10.9. The zero-order valence-corrected chi connectivity index (χ0v) is 14.2. The summed E-state index contributed by atoms with van der Waals surface area (Å²) in [7, 11) is 1.68. The first-order chi connectivity index (χ1) is 13.2. The van der Waals surface area contributed by atoms with Crippen LogP contribution in [0.2, 0.25) is 0 Å². The zero-order chi connectivity index (χ0) is 18.8. The lowest BCUT2D eigenvalue weighted by Gasteiger charge is -2.07. The van der Waals surface area contributed by atoms with E-state index in [9.17, 15) is 9.18 Å². The molecule has 3 aromatic heterocycles. The SMILES string of the molecule is CNc1ncc(C(=O)OCc2ccc(F)cc2)c2nc(-c3ccco3)nn12. The number of carbonyl (C=O) groups excluding carboxylic acids is 1. The van der Waals surface area contributed by atoms with Gasteiger partial charge in [0.2, 0.25) is 11.8 Å². The zero-order valence-electron chi connectivity index (χ0n) is 14.2. The maximum absolute atomic E-state index is 13.0. The molecule has 0 aliphatic heterocycles. The minimum absolute atomic E-state index is 0.00176. The summed E-state index contributed by atoms with van der Waals surface area (Å²) in [5, 5.41) is 7.22. The molecule has 1 N–H and O–H groups in total. The summed E-state index contributed by atoms with van der Waals surface area (Å²) in [6.07, 6.45) is 2.88. The van der Waals surface area contributed by atoms with Crippen LogP contribution in [0.4, 0.5) is 10.3 Å². The minimum Gasteiger partial charge on any atom is -0.461 e. The highest BCUT2D eigenvalue weighted by Crippen LogP contribution is 2.21. The van der Waals surface area contributed by atoms with E-state index in [4.69, 9.17) is 9.15 Å². The van der Waals surface area contributed by atoms with Gasteiger partial charge in [0.05, 0.1) is 6.26 Å². The Hall–Kier alpha value is -3.75. The fourth-order valence-electron chi connectivity index (χ4n) is 2.50. The van der Waals surface area contributed by atoms with Crippen molar-refractivity contribution in [1.82, 2.24) is 19.6 Å². The van der Waals surface area contributed by atoms with Gasteiger partial charge in [-0.2, -0.15) is 4.52 Å². The number of furan rings is 1. The van der Waals surface area contributed by atoms with Gasteiger partial charge in [-0.3, -0.25) is 0 Å². The Balaban J connectivity index is 1.66. The van der Waals surface area contributed by atoms with Crippen molar-refractivity contribution in [2.24, 2.45) is 0 Å². The summed E-state index contributed by atoms with van der Waals surface area (Å²) in [6, 6.07) is 9.14. The summed E-state index contributed by atoms with van der Waals surface area (Å²) in [5.41, 5.74) is 1.10. The lowest BCUT2D eigenvalue weighted by molar-refractivity contribution is 0.0474. The second-order valence-corrected chi connectivity index (χ2v) is 5.60.